The highest BCUT2D eigenvalue weighted by atomic mass is 16.5. The van der Waals surface area contributed by atoms with Crippen molar-refractivity contribution in [3.05, 3.63) is 42.5 Å². The molecule has 0 bridgehead atoms. The fourth-order valence-corrected chi connectivity index (χ4v) is 1.33. The molecule has 0 atom stereocenters. The summed E-state index contributed by atoms with van der Waals surface area (Å²) in [5, 5.41) is 3.13. The van der Waals surface area contributed by atoms with Gasteiger partial charge in [0.2, 0.25) is 0 Å². The molecule has 0 spiro atoms. The minimum Gasteiger partial charge on any atom is -0.485 e. The zero-order valence-corrected chi connectivity index (χ0v) is 9.14. The molecule has 84 valence electrons. The van der Waals surface area contributed by atoms with Crippen molar-refractivity contribution in [2.75, 3.05) is 11.9 Å². The van der Waals surface area contributed by atoms with Crippen LogP contribution in [0.15, 0.2) is 41.1 Å². The van der Waals surface area contributed by atoms with Crippen molar-refractivity contribution in [3.8, 4) is 5.75 Å². The Morgan fingerprint density at radius 3 is 3.12 bits per heavy atom. The summed E-state index contributed by atoms with van der Waals surface area (Å²) in [5.74, 6) is 2.41. The predicted octanol–water partition coefficient (Wildman–Crippen LogP) is 2.69. The van der Waals surface area contributed by atoms with Crippen molar-refractivity contribution in [3.63, 3.8) is 0 Å². The van der Waals surface area contributed by atoms with E-state index in [9.17, 15) is 0 Å². The van der Waals surface area contributed by atoms with Crippen LogP contribution in [0.2, 0.25) is 0 Å². The van der Waals surface area contributed by atoms with Crippen LogP contribution >= 0.6 is 0 Å². The van der Waals surface area contributed by atoms with E-state index < -0.39 is 0 Å². The van der Waals surface area contributed by atoms with E-state index in [-0.39, 0.29) is 0 Å². The Labute approximate surface area is 94.3 Å². The fourth-order valence-electron chi connectivity index (χ4n) is 1.33. The summed E-state index contributed by atoms with van der Waals surface area (Å²) in [6, 6.07) is 7.41. The molecule has 2 aromatic heterocycles. The van der Waals surface area contributed by atoms with Crippen LogP contribution in [0, 0.1) is 0 Å². The summed E-state index contributed by atoms with van der Waals surface area (Å²) >= 11 is 0. The summed E-state index contributed by atoms with van der Waals surface area (Å²) in [6.07, 6.45) is 3.35. The van der Waals surface area contributed by atoms with Crippen LogP contribution in [0.4, 0.5) is 5.82 Å². The van der Waals surface area contributed by atoms with E-state index in [2.05, 4.69) is 10.3 Å². The molecule has 0 aliphatic heterocycles. The second-order valence-corrected chi connectivity index (χ2v) is 3.28. The van der Waals surface area contributed by atoms with Crippen molar-refractivity contribution >= 4 is 5.82 Å². The molecule has 0 unspecified atom stereocenters. The molecule has 0 aromatic carbocycles. The zero-order valence-electron chi connectivity index (χ0n) is 9.14. The number of ether oxygens (including phenoxy) is 1. The lowest BCUT2D eigenvalue weighted by atomic mass is 10.4. The number of aromatic nitrogens is 1. The molecule has 4 nitrogen and oxygen atoms in total. The minimum atomic E-state index is 0.433. The van der Waals surface area contributed by atoms with E-state index >= 15 is 0 Å². The highest BCUT2D eigenvalue weighted by Gasteiger charge is 1.99. The molecule has 2 aromatic rings. The Balaban J connectivity index is 1.96. The van der Waals surface area contributed by atoms with Gasteiger partial charge in [-0.1, -0.05) is 0 Å². The lowest BCUT2D eigenvalue weighted by Crippen LogP contribution is -2.00. The van der Waals surface area contributed by atoms with Crippen molar-refractivity contribution in [1.82, 2.24) is 4.98 Å². The van der Waals surface area contributed by atoms with Gasteiger partial charge in [0, 0.05) is 18.8 Å². The average molecular weight is 218 g/mol. The highest BCUT2D eigenvalue weighted by molar-refractivity contribution is 5.40. The quantitative estimate of drug-likeness (QED) is 0.838. The maximum absolute atomic E-state index is 5.56. The number of hydrogen-bond acceptors (Lipinski definition) is 4. The Bertz CT molecular complexity index is 426. The van der Waals surface area contributed by atoms with Crippen LogP contribution in [0.25, 0.3) is 0 Å². The van der Waals surface area contributed by atoms with Gasteiger partial charge in [0.1, 0.15) is 23.9 Å². The monoisotopic (exact) mass is 218 g/mol. The smallest absolute Gasteiger partial charge is 0.146 e. The van der Waals surface area contributed by atoms with Crippen molar-refractivity contribution in [2.24, 2.45) is 0 Å². The molecule has 0 aliphatic carbocycles. The first-order chi connectivity index (χ1) is 7.88. The molecular formula is C12H14N2O2. The molecule has 16 heavy (non-hydrogen) atoms. The Morgan fingerprint density at radius 1 is 1.44 bits per heavy atom. The third-order valence-corrected chi connectivity index (χ3v) is 2.05. The summed E-state index contributed by atoms with van der Waals surface area (Å²) in [6.45, 7) is 3.30. The molecule has 1 N–H and O–H groups in total. The van der Waals surface area contributed by atoms with Crippen molar-refractivity contribution < 1.29 is 9.15 Å². The second-order valence-electron chi connectivity index (χ2n) is 3.28. The van der Waals surface area contributed by atoms with Gasteiger partial charge in [0.05, 0.1) is 6.26 Å². The predicted molar refractivity (Wildman–Crippen MR) is 61.4 cm³/mol. The average Bonchev–Trinajstić information content (AvgIpc) is 2.80. The van der Waals surface area contributed by atoms with Gasteiger partial charge in [-0.15, -0.1) is 0 Å². The molecule has 0 amide bonds. The first kappa shape index (κ1) is 10.5. The first-order valence-corrected chi connectivity index (χ1v) is 5.23. The maximum atomic E-state index is 5.56. The second kappa shape index (κ2) is 5.21. The van der Waals surface area contributed by atoms with Crippen LogP contribution < -0.4 is 10.1 Å². The normalized spacial score (nSPS) is 10.1. The molecule has 4 heteroatoms. The van der Waals surface area contributed by atoms with E-state index in [1.807, 2.05) is 31.2 Å². The van der Waals surface area contributed by atoms with Crippen molar-refractivity contribution in [1.29, 1.82) is 0 Å². The van der Waals surface area contributed by atoms with Crippen molar-refractivity contribution in [2.45, 2.75) is 13.5 Å². The number of pyridine rings is 1. The van der Waals surface area contributed by atoms with Gasteiger partial charge in [-0.05, 0) is 25.1 Å². The number of rotatable bonds is 5. The SMILES string of the molecule is CCNc1cc(OCc2ccco2)ccn1. The van der Waals surface area contributed by atoms with Gasteiger partial charge >= 0.3 is 0 Å². The van der Waals surface area contributed by atoms with Gasteiger partial charge in [-0.2, -0.15) is 0 Å². The summed E-state index contributed by atoms with van der Waals surface area (Å²) in [7, 11) is 0. The fraction of sp³-hybridized carbons (Fsp3) is 0.250. The van der Waals surface area contributed by atoms with Crippen LogP contribution in [-0.2, 0) is 6.61 Å². The van der Waals surface area contributed by atoms with E-state index in [1.54, 1.807) is 12.5 Å². The van der Waals surface area contributed by atoms with Gasteiger partial charge < -0.3 is 14.5 Å². The highest BCUT2D eigenvalue weighted by Crippen LogP contribution is 2.16. The summed E-state index contributed by atoms with van der Waals surface area (Å²) in [4.78, 5) is 4.16. The number of nitrogens with one attached hydrogen (secondary N) is 1. The number of furan rings is 1. The van der Waals surface area contributed by atoms with E-state index in [0.717, 1.165) is 23.9 Å². The summed E-state index contributed by atoms with van der Waals surface area (Å²) < 4.78 is 10.7. The Kier molecular flexibility index (Phi) is 3.43. The third-order valence-electron chi connectivity index (χ3n) is 2.05. The lowest BCUT2D eigenvalue weighted by molar-refractivity contribution is 0.270. The minimum absolute atomic E-state index is 0.433. The molecular weight excluding hydrogens is 204 g/mol. The van der Waals surface area contributed by atoms with Crippen LogP contribution in [0.5, 0.6) is 5.75 Å². The first-order valence-electron chi connectivity index (χ1n) is 5.23. The van der Waals surface area contributed by atoms with Gasteiger partial charge in [-0.3, -0.25) is 0 Å². The van der Waals surface area contributed by atoms with Gasteiger partial charge in [0.15, 0.2) is 0 Å². The molecule has 0 saturated heterocycles. The third kappa shape index (κ3) is 2.76. The van der Waals surface area contributed by atoms with Gasteiger partial charge in [0.25, 0.3) is 0 Å². The molecule has 0 saturated carbocycles. The number of anilines is 1. The molecule has 0 fully saturated rings. The standard InChI is InChI=1S/C12H14N2O2/c1-2-13-12-8-10(5-6-14-12)16-9-11-4-3-7-15-11/h3-8H,2,9H2,1H3,(H,13,14). The molecule has 0 aliphatic rings. The van der Waals surface area contributed by atoms with Crippen LogP contribution in [0.1, 0.15) is 12.7 Å². The van der Waals surface area contributed by atoms with Crippen LogP contribution in [-0.4, -0.2) is 11.5 Å². The largest absolute Gasteiger partial charge is 0.485 e. The van der Waals surface area contributed by atoms with Crippen LogP contribution in [0.3, 0.4) is 0 Å². The maximum Gasteiger partial charge on any atom is 0.146 e. The molecule has 2 rings (SSSR count). The number of nitrogens with zero attached hydrogens (tertiary/aromatic N) is 1. The molecule has 2 heterocycles. The van der Waals surface area contributed by atoms with E-state index in [0.29, 0.717) is 6.61 Å². The Hall–Kier alpha value is -1.97. The topological polar surface area (TPSA) is 47.3 Å². The van der Waals surface area contributed by atoms with Gasteiger partial charge in [-0.25, -0.2) is 4.98 Å². The lowest BCUT2D eigenvalue weighted by Gasteiger charge is -2.06. The Morgan fingerprint density at radius 2 is 2.38 bits per heavy atom. The van der Waals surface area contributed by atoms with E-state index in [4.69, 9.17) is 9.15 Å². The zero-order chi connectivity index (χ0) is 11.2. The summed E-state index contributed by atoms with van der Waals surface area (Å²) in [5.41, 5.74) is 0. The number of hydrogen-bond donors (Lipinski definition) is 1. The van der Waals surface area contributed by atoms with E-state index in [1.165, 1.54) is 0 Å². The molecule has 0 radical (unpaired) electrons.